The van der Waals surface area contributed by atoms with Gasteiger partial charge in [0.05, 0.1) is 21.8 Å². The molecular weight excluding hydrogens is 366 g/mol. The second-order valence-electron chi connectivity index (χ2n) is 3.14. The minimum absolute atomic E-state index is 0.00565. The molecule has 0 bridgehead atoms. The van der Waals surface area contributed by atoms with E-state index < -0.39 is 16.0 Å². The van der Waals surface area contributed by atoms with Gasteiger partial charge in [0.2, 0.25) is 10.0 Å². The molecule has 0 fully saturated rings. The van der Waals surface area contributed by atoms with Crippen LogP contribution in [0.2, 0.25) is 5.02 Å². The number of hydrogen-bond donors (Lipinski definition) is 1. The molecule has 0 aliphatic carbocycles. The van der Waals surface area contributed by atoms with Crippen LogP contribution >= 0.6 is 38.9 Å². The van der Waals surface area contributed by atoms with Gasteiger partial charge in [-0.1, -0.05) is 11.6 Å². The molecular formula is C9H11BrClNO4S2. The number of esters is 1. The van der Waals surface area contributed by atoms with Crippen molar-refractivity contribution in [2.24, 2.45) is 0 Å². The van der Waals surface area contributed by atoms with E-state index in [1.807, 2.05) is 0 Å². The molecule has 0 radical (unpaired) electrons. The quantitative estimate of drug-likeness (QED) is 0.774. The number of carbonyl (C=O) groups is 1. The van der Waals surface area contributed by atoms with Gasteiger partial charge < -0.3 is 4.74 Å². The Morgan fingerprint density at radius 2 is 2.28 bits per heavy atom. The Bertz CT molecular complexity index is 509. The van der Waals surface area contributed by atoms with Crippen LogP contribution in [0.3, 0.4) is 0 Å². The van der Waals surface area contributed by atoms with Gasteiger partial charge in [0.1, 0.15) is 4.21 Å². The summed E-state index contributed by atoms with van der Waals surface area (Å²) in [7, 11) is -3.63. The lowest BCUT2D eigenvalue weighted by Gasteiger charge is -2.04. The van der Waals surface area contributed by atoms with Gasteiger partial charge in [0, 0.05) is 6.54 Å². The highest BCUT2D eigenvalue weighted by Crippen LogP contribution is 2.34. The molecule has 0 amide bonds. The average Bonchev–Trinajstić information content (AvgIpc) is 2.60. The third-order valence-corrected chi connectivity index (χ3v) is 6.22. The molecule has 18 heavy (non-hydrogen) atoms. The first-order chi connectivity index (χ1) is 8.36. The minimum Gasteiger partial charge on any atom is -0.466 e. The lowest BCUT2D eigenvalue weighted by molar-refractivity contribution is -0.142. The van der Waals surface area contributed by atoms with Crippen molar-refractivity contribution in [2.75, 3.05) is 13.2 Å². The molecule has 0 aliphatic rings. The fourth-order valence-corrected chi connectivity index (χ4v) is 4.53. The zero-order valence-electron chi connectivity index (χ0n) is 9.40. The molecule has 1 N–H and O–H groups in total. The number of sulfonamides is 1. The molecule has 1 heterocycles. The Labute approximate surface area is 123 Å². The third kappa shape index (κ3) is 4.51. The summed E-state index contributed by atoms with van der Waals surface area (Å²) in [5.41, 5.74) is 0. The summed E-state index contributed by atoms with van der Waals surface area (Å²) in [5.74, 6) is -0.439. The van der Waals surface area contributed by atoms with E-state index in [0.717, 1.165) is 11.3 Å². The number of hydrogen-bond acceptors (Lipinski definition) is 5. The van der Waals surface area contributed by atoms with Crippen molar-refractivity contribution < 1.29 is 17.9 Å². The predicted molar refractivity (Wildman–Crippen MR) is 73.5 cm³/mol. The molecule has 1 rings (SSSR count). The Morgan fingerprint density at radius 3 is 2.78 bits per heavy atom. The van der Waals surface area contributed by atoms with Gasteiger partial charge >= 0.3 is 5.97 Å². The zero-order chi connectivity index (χ0) is 13.8. The van der Waals surface area contributed by atoms with E-state index in [9.17, 15) is 13.2 Å². The molecule has 0 aromatic carbocycles. The van der Waals surface area contributed by atoms with E-state index >= 15 is 0 Å². The summed E-state index contributed by atoms with van der Waals surface area (Å²) in [6.45, 7) is 1.96. The topological polar surface area (TPSA) is 72.5 Å². The van der Waals surface area contributed by atoms with E-state index in [2.05, 4.69) is 25.4 Å². The highest BCUT2D eigenvalue weighted by atomic mass is 79.9. The minimum atomic E-state index is -3.63. The molecule has 0 aliphatic heterocycles. The fraction of sp³-hybridized carbons (Fsp3) is 0.444. The van der Waals surface area contributed by atoms with Crippen molar-refractivity contribution >= 4 is 54.9 Å². The van der Waals surface area contributed by atoms with Crippen LogP contribution in [-0.2, 0) is 19.6 Å². The number of nitrogens with one attached hydrogen (secondary N) is 1. The van der Waals surface area contributed by atoms with Gasteiger partial charge in [-0.3, -0.25) is 4.79 Å². The lowest BCUT2D eigenvalue weighted by Crippen LogP contribution is -2.26. The molecule has 0 atom stereocenters. The van der Waals surface area contributed by atoms with Gasteiger partial charge in [0.25, 0.3) is 0 Å². The van der Waals surface area contributed by atoms with Gasteiger partial charge in [-0.05, 0) is 28.9 Å². The first kappa shape index (κ1) is 15.9. The Kier molecular flexibility index (Phi) is 6.06. The van der Waals surface area contributed by atoms with Crippen molar-refractivity contribution in [1.29, 1.82) is 0 Å². The molecule has 0 spiro atoms. The van der Waals surface area contributed by atoms with Crippen LogP contribution in [0, 0.1) is 0 Å². The maximum Gasteiger partial charge on any atom is 0.307 e. The highest BCUT2D eigenvalue weighted by Gasteiger charge is 2.18. The van der Waals surface area contributed by atoms with Crippen LogP contribution in [-0.4, -0.2) is 27.5 Å². The van der Waals surface area contributed by atoms with Gasteiger partial charge in [-0.25, -0.2) is 13.1 Å². The number of ether oxygens (including phenoxy) is 1. The highest BCUT2D eigenvalue weighted by molar-refractivity contribution is 9.11. The molecule has 1 aromatic heterocycles. The molecule has 0 saturated carbocycles. The van der Waals surface area contributed by atoms with Crippen molar-refractivity contribution in [3.8, 4) is 0 Å². The zero-order valence-corrected chi connectivity index (χ0v) is 13.4. The summed E-state index contributed by atoms with van der Waals surface area (Å²) < 4.78 is 31.3. The smallest absolute Gasteiger partial charge is 0.307 e. The SMILES string of the molecule is CCOC(=O)CCNS(=O)(=O)c1cc(Cl)c(Br)s1. The van der Waals surface area contributed by atoms with Crippen LogP contribution in [0.4, 0.5) is 0 Å². The lowest BCUT2D eigenvalue weighted by atomic mass is 10.4. The predicted octanol–water partition coefficient (Wildman–Crippen LogP) is 2.40. The Hall–Kier alpha value is -0.150. The molecule has 0 unspecified atom stereocenters. The van der Waals surface area contributed by atoms with Crippen molar-refractivity contribution in [2.45, 2.75) is 17.6 Å². The monoisotopic (exact) mass is 375 g/mol. The summed E-state index contributed by atoms with van der Waals surface area (Å²) in [4.78, 5) is 11.0. The standard InChI is InChI=1S/C9H11BrClNO4S2/c1-2-16-7(13)3-4-12-18(14,15)8-5-6(11)9(10)17-8/h5,12H,2-4H2,1H3. The number of thiophene rings is 1. The van der Waals surface area contributed by atoms with Crippen LogP contribution in [0.1, 0.15) is 13.3 Å². The maximum absolute atomic E-state index is 11.8. The molecule has 1 aromatic rings. The Balaban J connectivity index is 2.58. The van der Waals surface area contributed by atoms with E-state index in [0.29, 0.717) is 8.81 Å². The summed E-state index contributed by atoms with van der Waals surface area (Å²) in [6.07, 6.45) is -0.00660. The molecule has 9 heteroatoms. The maximum atomic E-state index is 11.8. The molecule has 0 saturated heterocycles. The molecule has 102 valence electrons. The Morgan fingerprint density at radius 1 is 1.61 bits per heavy atom. The van der Waals surface area contributed by atoms with Crippen molar-refractivity contribution in [1.82, 2.24) is 4.72 Å². The van der Waals surface area contributed by atoms with Gasteiger partial charge in [-0.2, -0.15) is 0 Å². The largest absolute Gasteiger partial charge is 0.466 e. The number of carbonyl (C=O) groups excluding carboxylic acids is 1. The van der Waals surface area contributed by atoms with E-state index in [1.165, 1.54) is 6.07 Å². The van der Waals surface area contributed by atoms with Crippen LogP contribution < -0.4 is 4.72 Å². The van der Waals surface area contributed by atoms with E-state index in [-0.39, 0.29) is 23.8 Å². The van der Waals surface area contributed by atoms with Gasteiger partial charge in [-0.15, -0.1) is 11.3 Å². The fourth-order valence-electron chi connectivity index (χ4n) is 1.05. The first-order valence-electron chi connectivity index (χ1n) is 4.97. The van der Waals surface area contributed by atoms with Crippen LogP contribution in [0.15, 0.2) is 14.1 Å². The molecule has 5 nitrogen and oxygen atoms in total. The van der Waals surface area contributed by atoms with Crippen LogP contribution in [0.5, 0.6) is 0 Å². The average molecular weight is 377 g/mol. The van der Waals surface area contributed by atoms with Gasteiger partial charge in [0.15, 0.2) is 0 Å². The first-order valence-corrected chi connectivity index (χ1v) is 8.44. The van der Waals surface area contributed by atoms with E-state index in [4.69, 9.17) is 11.6 Å². The van der Waals surface area contributed by atoms with Crippen molar-refractivity contribution in [3.05, 3.63) is 14.9 Å². The van der Waals surface area contributed by atoms with Crippen LogP contribution in [0.25, 0.3) is 0 Å². The summed E-state index contributed by atoms with van der Waals surface area (Å²) >= 11 is 9.91. The van der Waals surface area contributed by atoms with Crippen molar-refractivity contribution in [3.63, 3.8) is 0 Å². The number of halogens is 2. The normalized spacial score (nSPS) is 11.5. The summed E-state index contributed by atoms with van der Waals surface area (Å²) in [5, 5.41) is 0.339. The number of rotatable bonds is 6. The second kappa shape index (κ2) is 6.85. The second-order valence-corrected chi connectivity index (χ2v) is 7.91. The van der Waals surface area contributed by atoms with E-state index in [1.54, 1.807) is 6.92 Å². The summed E-state index contributed by atoms with van der Waals surface area (Å²) in [6, 6.07) is 1.35. The third-order valence-electron chi connectivity index (χ3n) is 1.81.